The van der Waals surface area contributed by atoms with Crippen molar-refractivity contribution in [1.29, 1.82) is 0 Å². The number of hydrogen-bond donors (Lipinski definition) is 0. The molecule has 0 saturated carbocycles. The smallest absolute Gasteiger partial charge is 0.290 e. The van der Waals surface area contributed by atoms with Gasteiger partial charge in [-0.1, -0.05) is 13.0 Å². The van der Waals surface area contributed by atoms with Crippen molar-refractivity contribution in [1.82, 2.24) is 14.9 Å². The molecular weight excluding hydrogens is 303 g/mol. The van der Waals surface area contributed by atoms with Crippen LogP contribution in [0.15, 0.2) is 42.9 Å². The number of rotatable bonds is 3. The Kier molecular flexibility index (Phi) is 4.35. The van der Waals surface area contributed by atoms with Gasteiger partial charge in [-0.05, 0) is 36.1 Å². The van der Waals surface area contributed by atoms with Gasteiger partial charge < -0.3 is 0 Å². The van der Waals surface area contributed by atoms with Crippen LogP contribution in [0.3, 0.4) is 0 Å². The van der Waals surface area contributed by atoms with Crippen molar-refractivity contribution in [3.8, 4) is 0 Å². The summed E-state index contributed by atoms with van der Waals surface area (Å²) in [6, 6.07) is 6.35. The van der Waals surface area contributed by atoms with E-state index in [4.69, 9.17) is 0 Å². The third-order valence-electron chi connectivity index (χ3n) is 4.23. The van der Waals surface area contributed by atoms with Crippen molar-refractivity contribution >= 4 is 0 Å². The van der Waals surface area contributed by atoms with E-state index >= 15 is 0 Å². The van der Waals surface area contributed by atoms with Crippen LogP contribution in [0.2, 0.25) is 0 Å². The highest BCUT2D eigenvalue weighted by molar-refractivity contribution is 5.24. The summed E-state index contributed by atoms with van der Waals surface area (Å²) in [5.41, 5.74) is 0.480. The molecular formula is C17H18F3N3. The van der Waals surface area contributed by atoms with Gasteiger partial charge in [-0.2, -0.15) is 13.2 Å². The Morgan fingerprint density at radius 1 is 1.22 bits per heavy atom. The van der Waals surface area contributed by atoms with Gasteiger partial charge in [-0.15, -0.1) is 0 Å². The molecule has 0 unspecified atom stereocenters. The SMILES string of the molecule is C[C@@H]1C[C@@H](c2cccnc2)N(Cc2ncccc2C(F)(F)F)C1. The van der Waals surface area contributed by atoms with Gasteiger partial charge in [0.25, 0.3) is 0 Å². The van der Waals surface area contributed by atoms with Crippen LogP contribution in [-0.2, 0) is 12.7 Å². The average Bonchev–Trinajstić information content (AvgIpc) is 2.88. The van der Waals surface area contributed by atoms with Crippen LogP contribution in [0.4, 0.5) is 13.2 Å². The Morgan fingerprint density at radius 3 is 2.70 bits per heavy atom. The summed E-state index contributed by atoms with van der Waals surface area (Å²) in [7, 11) is 0. The highest BCUT2D eigenvalue weighted by atomic mass is 19.4. The number of aromatic nitrogens is 2. The molecule has 0 amide bonds. The molecule has 0 spiro atoms. The molecule has 0 radical (unpaired) electrons. The van der Waals surface area contributed by atoms with Gasteiger partial charge in [0.05, 0.1) is 11.3 Å². The second-order valence-corrected chi connectivity index (χ2v) is 6.07. The highest BCUT2D eigenvalue weighted by Crippen LogP contribution is 2.38. The molecule has 3 nitrogen and oxygen atoms in total. The van der Waals surface area contributed by atoms with Crippen molar-refractivity contribution in [2.45, 2.75) is 32.1 Å². The number of likely N-dealkylation sites (tertiary alicyclic amines) is 1. The molecule has 1 saturated heterocycles. The molecule has 1 fully saturated rings. The molecule has 1 aliphatic heterocycles. The van der Waals surface area contributed by atoms with Gasteiger partial charge in [0.1, 0.15) is 0 Å². The molecule has 2 atom stereocenters. The van der Waals surface area contributed by atoms with E-state index in [0.717, 1.165) is 24.6 Å². The minimum absolute atomic E-state index is 0.0850. The van der Waals surface area contributed by atoms with Gasteiger partial charge in [0.15, 0.2) is 0 Å². The van der Waals surface area contributed by atoms with Crippen molar-refractivity contribution < 1.29 is 13.2 Å². The molecule has 3 rings (SSSR count). The van der Waals surface area contributed by atoms with Crippen molar-refractivity contribution in [3.63, 3.8) is 0 Å². The Balaban J connectivity index is 1.87. The molecule has 0 aliphatic carbocycles. The van der Waals surface area contributed by atoms with Crippen LogP contribution < -0.4 is 0 Å². The number of halogens is 3. The van der Waals surface area contributed by atoms with E-state index in [1.165, 1.54) is 12.3 Å². The zero-order valence-corrected chi connectivity index (χ0v) is 12.8. The Hall–Kier alpha value is -1.95. The first-order chi connectivity index (χ1) is 10.9. The van der Waals surface area contributed by atoms with Crippen LogP contribution in [-0.4, -0.2) is 21.4 Å². The molecule has 122 valence electrons. The third kappa shape index (κ3) is 3.52. The van der Waals surface area contributed by atoms with E-state index in [0.29, 0.717) is 5.92 Å². The van der Waals surface area contributed by atoms with Crippen LogP contribution >= 0.6 is 0 Å². The molecule has 23 heavy (non-hydrogen) atoms. The van der Waals surface area contributed by atoms with Gasteiger partial charge in [-0.3, -0.25) is 14.9 Å². The quantitative estimate of drug-likeness (QED) is 0.853. The molecule has 2 aromatic rings. The Bertz CT molecular complexity index is 658. The molecule has 1 aliphatic rings. The summed E-state index contributed by atoms with van der Waals surface area (Å²) in [4.78, 5) is 10.2. The second-order valence-electron chi connectivity index (χ2n) is 6.07. The van der Waals surface area contributed by atoms with E-state index in [1.54, 1.807) is 12.4 Å². The maximum absolute atomic E-state index is 13.2. The number of hydrogen-bond acceptors (Lipinski definition) is 3. The summed E-state index contributed by atoms with van der Waals surface area (Å²) in [5.74, 6) is 0.429. The fraction of sp³-hybridized carbons (Fsp3) is 0.412. The number of alkyl halides is 3. The third-order valence-corrected chi connectivity index (χ3v) is 4.23. The molecule has 0 bridgehead atoms. The predicted octanol–water partition coefficient (Wildman–Crippen LogP) is 4.08. The lowest BCUT2D eigenvalue weighted by molar-refractivity contribution is -0.138. The second kappa shape index (κ2) is 6.28. The summed E-state index contributed by atoms with van der Waals surface area (Å²) >= 11 is 0. The van der Waals surface area contributed by atoms with E-state index in [9.17, 15) is 13.2 Å². The van der Waals surface area contributed by atoms with E-state index < -0.39 is 11.7 Å². The monoisotopic (exact) mass is 321 g/mol. The number of pyridine rings is 2. The van der Waals surface area contributed by atoms with E-state index in [2.05, 4.69) is 21.8 Å². The summed E-state index contributed by atoms with van der Waals surface area (Å²) in [6.07, 6.45) is 1.45. The minimum atomic E-state index is -4.38. The van der Waals surface area contributed by atoms with Crippen LogP contribution in [0, 0.1) is 5.92 Å². The Morgan fingerprint density at radius 2 is 2.00 bits per heavy atom. The summed E-state index contributed by atoms with van der Waals surface area (Å²) in [5, 5.41) is 0. The first-order valence-corrected chi connectivity index (χ1v) is 7.60. The summed E-state index contributed by atoms with van der Waals surface area (Å²) in [6.45, 7) is 3.07. The maximum atomic E-state index is 13.2. The van der Waals surface area contributed by atoms with Crippen molar-refractivity contribution in [2.24, 2.45) is 5.92 Å². The van der Waals surface area contributed by atoms with Gasteiger partial charge in [-0.25, -0.2) is 0 Å². The van der Waals surface area contributed by atoms with Gasteiger partial charge in [0.2, 0.25) is 0 Å². The normalized spacial score (nSPS) is 22.4. The fourth-order valence-electron chi connectivity index (χ4n) is 3.24. The first kappa shape index (κ1) is 15.9. The Labute approximate surface area is 133 Å². The topological polar surface area (TPSA) is 29.0 Å². The summed E-state index contributed by atoms with van der Waals surface area (Å²) < 4.78 is 39.5. The van der Waals surface area contributed by atoms with Crippen LogP contribution in [0.25, 0.3) is 0 Å². The van der Waals surface area contributed by atoms with Crippen LogP contribution in [0.5, 0.6) is 0 Å². The molecule has 6 heteroatoms. The fourth-order valence-corrected chi connectivity index (χ4v) is 3.24. The number of nitrogens with zero attached hydrogens (tertiary/aromatic N) is 3. The predicted molar refractivity (Wildman–Crippen MR) is 80.4 cm³/mol. The largest absolute Gasteiger partial charge is 0.418 e. The zero-order valence-electron chi connectivity index (χ0n) is 12.8. The molecule has 2 aromatic heterocycles. The molecule has 0 aromatic carbocycles. The zero-order chi connectivity index (χ0) is 16.4. The lowest BCUT2D eigenvalue weighted by Gasteiger charge is -2.25. The molecule has 3 heterocycles. The standard InChI is InChI=1S/C17H18F3N3/c1-12-8-16(13-4-2-6-21-9-13)23(10-12)11-15-14(17(18,19)20)5-3-7-22-15/h2-7,9,12,16H,8,10-11H2,1H3/t12-,16+/m1/s1. The van der Waals surface area contributed by atoms with Gasteiger partial charge in [0, 0.05) is 37.7 Å². The minimum Gasteiger partial charge on any atom is -0.290 e. The maximum Gasteiger partial charge on any atom is 0.418 e. The first-order valence-electron chi connectivity index (χ1n) is 7.60. The van der Waals surface area contributed by atoms with Crippen molar-refractivity contribution in [3.05, 3.63) is 59.7 Å². The van der Waals surface area contributed by atoms with Crippen LogP contribution in [0.1, 0.15) is 36.2 Å². The van der Waals surface area contributed by atoms with E-state index in [-0.39, 0.29) is 18.3 Å². The highest BCUT2D eigenvalue weighted by Gasteiger charge is 2.36. The molecule has 0 N–H and O–H groups in total. The lowest BCUT2D eigenvalue weighted by atomic mass is 10.0. The lowest BCUT2D eigenvalue weighted by Crippen LogP contribution is -2.26. The van der Waals surface area contributed by atoms with E-state index in [1.807, 2.05) is 12.1 Å². The van der Waals surface area contributed by atoms with Gasteiger partial charge >= 0.3 is 6.18 Å². The average molecular weight is 321 g/mol. The van der Waals surface area contributed by atoms with Crippen molar-refractivity contribution in [2.75, 3.05) is 6.54 Å².